The van der Waals surface area contributed by atoms with Crippen molar-refractivity contribution in [3.63, 3.8) is 0 Å². The van der Waals surface area contributed by atoms with Gasteiger partial charge in [0.1, 0.15) is 0 Å². The lowest BCUT2D eigenvalue weighted by atomic mass is 9.95. The maximum absolute atomic E-state index is 12.5. The predicted molar refractivity (Wildman–Crippen MR) is 82.3 cm³/mol. The molecule has 20 heavy (non-hydrogen) atoms. The molecule has 6 heteroatoms. The van der Waals surface area contributed by atoms with E-state index in [1.165, 1.54) is 11.3 Å². The number of aromatic nitrogens is 2. The van der Waals surface area contributed by atoms with Crippen molar-refractivity contribution in [1.82, 2.24) is 10.2 Å². The first-order valence-electron chi connectivity index (χ1n) is 6.58. The highest BCUT2D eigenvalue weighted by molar-refractivity contribution is 8.01. The van der Waals surface area contributed by atoms with E-state index < -0.39 is 0 Å². The van der Waals surface area contributed by atoms with E-state index >= 15 is 0 Å². The first-order chi connectivity index (χ1) is 9.74. The molecule has 1 N–H and O–H groups in total. The van der Waals surface area contributed by atoms with Gasteiger partial charge in [-0.05, 0) is 24.2 Å². The number of thioether (sulfide) groups is 1. The molecular formula is C14H15N3OS2. The van der Waals surface area contributed by atoms with E-state index in [-0.39, 0.29) is 11.3 Å². The fourth-order valence-electron chi connectivity index (χ4n) is 2.19. The quantitative estimate of drug-likeness (QED) is 0.680. The molecule has 0 bridgehead atoms. The average Bonchev–Trinajstić information content (AvgIpc) is 3.18. The zero-order valence-electron chi connectivity index (χ0n) is 11.1. The Morgan fingerprint density at radius 3 is 2.75 bits per heavy atom. The average molecular weight is 305 g/mol. The first kappa shape index (κ1) is 13.6. The molecule has 1 aromatic heterocycles. The summed E-state index contributed by atoms with van der Waals surface area (Å²) >= 11 is 3.07. The van der Waals surface area contributed by atoms with Crippen molar-refractivity contribution in [2.24, 2.45) is 0 Å². The third-order valence-corrected chi connectivity index (χ3v) is 5.26. The van der Waals surface area contributed by atoms with Crippen molar-refractivity contribution in [2.45, 2.75) is 29.5 Å². The summed E-state index contributed by atoms with van der Waals surface area (Å²) in [4.78, 5) is 12.5. The number of anilines is 1. The van der Waals surface area contributed by atoms with Gasteiger partial charge in [0.25, 0.3) is 0 Å². The topological polar surface area (TPSA) is 54.9 Å². The molecule has 1 fully saturated rings. The van der Waals surface area contributed by atoms with E-state index in [0.29, 0.717) is 5.13 Å². The summed E-state index contributed by atoms with van der Waals surface area (Å²) in [5.74, 6) is 0.990. The second-order valence-electron chi connectivity index (χ2n) is 4.71. The zero-order chi connectivity index (χ0) is 14.0. The number of rotatable bonds is 5. The number of benzene rings is 1. The summed E-state index contributed by atoms with van der Waals surface area (Å²) < 4.78 is 0.896. The monoisotopic (exact) mass is 305 g/mol. The maximum Gasteiger partial charge on any atom is 0.236 e. The Kier molecular flexibility index (Phi) is 3.76. The van der Waals surface area contributed by atoms with Crippen molar-refractivity contribution < 1.29 is 4.79 Å². The van der Waals surface area contributed by atoms with Crippen LogP contribution in [0.4, 0.5) is 5.13 Å². The largest absolute Gasteiger partial charge is 0.300 e. The Morgan fingerprint density at radius 1 is 1.35 bits per heavy atom. The van der Waals surface area contributed by atoms with Crippen LogP contribution in [-0.2, 0) is 10.2 Å². The van der Waals surface area contributed by atoms with Crippen molar-refractivity contribution in [3.8, 4) is 0 Å². The number of amides is 1. The lowest BCUT2D eigenvalue weighted by molar-refractivity contribution is -0.118. The second kappa shape index (κ2) is 5.54. The highest BCUT2D eigenvalue weighted by atomic mass is 32.2. The number of nitrogens with one attached hydrogen (secondary N) is 1. The smallest absolute Gasteiger partial charge is 0.236 e. The van der Waals surface area contributed by atoms with E-state index in [2.05, 4.69) is 22.4 Å². The number of hydrogen-bond acceptors (Lipinski definition) is 5. The molecular weight excluding hydrogens is 290 g/mol. The third kappa shape index (κ3) is 2.58. The molecule has 0 saturated heterocycles. The molecule has 0 atom stereocenters. The summed E-state index contributed by atoms with van der Waals surface area (Å²) in [5, 5.41) is 11.6. The molecule has 1 saturated carbocycles. The Labute approximate surface area is 126 Å². The van der Waals surface area contributed by atoms with Gasteiger partial charge in [0.2, 0.25) is 11.0 Å². The summed E-state index contributed by atoms with van der Waals surface area (Å²) in [6.07, 6.45) is 1.80. The van der Waals surface area contributed by atoms with E-state index in [9.17, 15) is 4.79 Å². The molecule has 0 unspecified atom stereocenters. The Morgan fingerprint density at radius 2 is 2.10 bits per heavy atom. The van der Waals surface area contributed by atoms with Crippen LogP contribution in [-0.4, -0.2) is 21.9 Å². The van der Waals surface area contributed by atoms with Gasteiger partial charge in [0.15, 0.2) is 4.34 Å². The minimum Gasteiger partial charge on any atom is -0.300 e. The van der Waals surface area contributed by atoms with Crippen LogP contribution in [0.2, 0.25) is 0 Å². The van der Waals surface area contributed by atoms with Crippen molar-refractivity contribution >= 4 is 34.1 Å². The van der Waals surface area contributed by atoms with Crippen LogP contribution in [0, 0.1) is 0 Å². The molecule has 0 radical (unpaired) electrons. The van der Waals surface area contributed by atoms with E-state index in [1.54, 1.807) is 11.8 Å². The van der Waals surface area contributed by atoms with Crippen molar-refractivity contribution in [2.75, 3.05) is 11.1 Å². The lowest BCUT2D eigenvalue weighted by Crippen LogP contribution is -2.27. The summed E-state index contributed by atoms with van der Waals surface area (Å²) in [6.45, 7) is 2.07. The van der Waals surface area contributed by atoms with Gasteiger partial charge < -0.3 is 0 Å². The van der Waals surface area contributed by atoms with Gasteiger partial charge in [0.05, 0.1) is 5.41 Å². The van der Waals surface area contributed by atoms with Crippen LogP contribution in [0.3, 0.4) is 0 Å². The van der Waals surface area contributed by atoms with Crippen LogP contribution < -0.4 is 5.32 Å². The molecule has 1 aliphatic rings. The van der Waals surface area contributed by atoms with Gasteiger partial charge in [-0.3, -0.25) is 10.1 Å². The van der Waals surface area contributed by atoms with Crippen LogP contribution in [0.15, 0.2) is 34.7 Å². The van der Waals surface area contributed by atoms with Gasteiger partial charge in [-0.1, -0.05) is 60.4 Å². The maximum atomic E-state index is 12.5. The first-order valence-corrected chi connectivity index (χ1v) is 8.38. The van der Waals surface area contributed by atoms with Crippen molar-refractivity contribution in [3.05, 3.63) is 35.9 Å². The normalized spacial score (nSPS) is 15.8. The van der Waals surface area contributed by atoms with Crippen LogP contribution in [0.1, 0.15) is 25.3 Å². The molecule has 1 heterocycles. The van der Waals surface area contributed by atoms with Crippen LogP contribution in [0.5, 0.6) is 0 Å². The predicted octanol–water partition coefficient (Wildman–Crippen LogP) is 3.32. The molecule has 1 aromatic carbocycles. The number of carbonyl (C=O) groups is 1. The van der Waals surface area contributed by atoms with E-state index in [1.807, 2.05) is 30.3 Å². The Balaban J connectivity index is 1.73. The molecule has 0 aliphatic heterocycles. The fourth-order valence-corrected chi connectivity index (χ4v) is 3.83. The van der Waals surface area contributed by atoms with Gasteiger partial charge in [0, 0.05) is 0 Å². The zero-order valence-corrected chi connectivity index (χ0v) is 12.8. The van der Waals surface area contributed by atoms with Gasteiger partial charge in [-0.15, -0.1) is 10.2 Å². The van der Waals surface area contributed by atoms with Gasteiger partial charge in [-0.2, -0.15) is 0 Å². The SMILES string of the molecule is CCSc1nnc(NC(=O)C2(c3ccccc3)CC2)s1. The van der Waals surface area contributed by atoms with Gasteiger partial charge >= 0.3 is 0 Å². The molecule has 2 aromatic rings. The third-order valence-electron chi connectivity index (χ3n) is 3.41. The summed E-state index contributed by atoms with van der Waals surface area (Å²) in [6, 6.07) is 9.96. The molecule has 4 nitrogen and oxygen atoms in total. The fraction of sp³-hybridized carbons (Fsp3) is 0.357. The molecule has 1 aliphatic carbocycles. The van der Waals surface area contributed by atoms with Crippen molar-refractivity contribution in [1.29, 1.82) is 0 Å². The number of hydrogen-bond donors (Lipinski definition) is 1. The minimum absolute atomic E-state index is 0.0351. The number of nitrogens with zero attached hydrogens (tertiary/aromatic N) is 2. The molecule has 104 valence electrons. The summed E-state index contributed by atoms with van der Waals surface area (Å²) in [5.41, 5.74) is 0.732. The second-order valence-corrected chi connectivity index (χ2v) is 7.20. The highest BCUT2D eigenvalue weighted by Crippen LogP contribution is 2.49. The van der Waals surface area contributed by atoms with E-state index in [0.717, 1.165) is 28.5 Å². The van der Waals surface area contributed by atoms with Crippen LogP contribution >= 0.6 is 23.1 Å². The van der Waals surface area contributed by atoms with E-state index in [4.69, 9.17) is 0 Å². The minimum atomic E-state index is -0.356. The Hall–Kier alpha value is -1.40. The molecule has 3 rings (SSSR count). The lowest BCUT2D eigenvalue weighted by Gasteiger charge is -2.13. The molecule has 1 amide bonds. The Bertz CT molecular complexity index is 608. The van der Waals surface area contributed by atoms with Gasteiger partial charge in [-0.25, -0.2) is 0 Å². The standard InChI is InChI=1S/C14H15N3OS2/c1-2-19-13-17-16-12(20-13)15-11(18)14(8-9-14)10-6-4-3-5-7-10/h3-7H,2,8-9H2,1H3,(H,15,16,18). The summed E-state index contributed by atoms with van der Waals surface area (Å²) in [7, 11) is 0. The highest BCUT2D eigenvalue weighted by Gasteiger charge is 2.51. The molecule has 0 spiro atoms. The van der Waals surface area contributed by atoms with Crippen LogP contribution in [0.25, 0.3) is 0 Å². The number of carbonyl (C=O) groups excluding carboxylic acids is 1.